The average molecular weight is 318 g/mol. The van der Waals surface area contributed by atoms with Gasteiger partial charge >= 0.3 is 5.97 Å². The monoisotopic (exact) mass is 317 g/mol. The molecule has 0 aliphatic carbocycles. The molecule has 2 unspecified atom stereocenters. The fraction of sp³-hybridized carbons (Fsp3) is 0.429. The van der Waals surface area contributed by atoms with E-state index < -0.39 is 5.97 Å². The first-order chi connectivity index (χ1) is 9.29. The highest BCUT2D eigenvalue weighted by atomic mass is 35.5. The quantitative estimate of drug-likeness (QED) is 0.841. The van der Waals surface area contributed by atoms with Gasteiger partial charge in [0.15, 0.2) is 0 Å². The molecule has 0 heterocycles. The van der Waals surface area contributed by atoms with Crippen LogP contribution in [0, 0.1) is 5.92 Å². The molecular formula is C14H17Cl2NO3. The van der Waals surface area contributed by atoms with Crippen molar-refractivity contribution in [2.24, 2.45) is 5.92 Å². The minimum absolute atomic E-state index is 0.0193. The number of halogens is 2. The number of carbonyl (C=O) groups excluding carboxylic acids is 1. The third-order valence-corrected chi connectivity index (χ3v) is 3.62. The van der Waals surface area contributed by atoms with Crippen LogP contribution in [0.3, 0.4) is 0 Å². The number of amides is 1. The van der Waals surface area contributed by atoms with Crippen LogP contribution in [0.5, 0.6) is 0 Å². The molecule has 0 aliphatic rings. The first-order valence-corrected chi connectivity index (χ1v) is 7.01. The maximum Gasteiger partial charge on any atom is 0.303 e. The second-order valence-electron chi connectivity index (χ2n) is 4.87. The maximum absolute atomic E-state index is 11.8. The molecule has 1 rings (SSSR count). The van der Waals surface area contributed by atoms with Gasteiger partial charge in [-0.3, -0.25) is 9.59 Å². The Kier molecular flexibility index (Phi) is 6.30. The summed E-state index contributed by atoms with van der Waals surface area (Å²) in [5.41, 5.74) is 0.846. The van der Waals surface area contributed by atoms with Gasteiger partial charge in [0.25, 0.3) is 0 Å². The number of carboxylic acids is 1. The van der Waals surface area contributed by atoms with Gasteiger partial charge in [-0.1, -0.05) is 36.2 Å². The zero-order valence-corrected chi connectivity index (χ0v) is 12.8. The summed E-state index contributed by atoms with van der Waals surface area (Å²) in [5.74, 6) is -1.28. The van der Waals surface area contributed by atoms with Crippen molar-refractivity contribution < 1.29 is 14.7 Å². The molecular weight excluding hydrogens is 301 g/mol. The van der Waals surface area contributed by atoms with Crippen LogP contribution in [0.15, 0.2) is 18.2 Å². The number of carboxylic acid groups (broad SMARTS) is 1. The molecule has 0 spiro atoms. The van der Waals surface area contributed by atoms with E-state index in [1.807, 2.05) is 6.92 Å². The maximum atomic E-state index is 11.8. The molecule has 4 nitrogen and oxygen atoms in total. The lowest BCUT2D eigenvalue weighted by molar-refractivity contribution is -0.138. The van der Waals surface area contributed by atoms with Gasteiger partial charge in [0.2, 0.25) is 5.91 Å². The van der Waals surface area contributed by atoms with Crippen LogP contribution in [0.4, 0.5) is 0 Å². The minimum Gasteiger partial charge on any atom is -0.481 e. The number of rotatable bonds is 6. The van der Waals surface area contributed by atoms with E-state index in [0.29, 0.717) is 10.0 Å². The molecule has 1 aromatic rings. The zero-order chi connectivity index (χ0) is 15.3. The Hall–Kier alpha value is -1.26. The van der Waals surface area contributed by atoms with Crippen molar-refractivity contribution in [1.29, 1.82) is 0 Å². The summed E-state index contributed by atoms with van der Waals surface area (Å²) >= 11 is 11.8. The van der Waals surface area contributed by atoms with Crippen LogP contribution in [0.2, 0.25) is 10.0 Å². The van der Waals surface area contributed by atoms with Crippen molar-refractivity contribution in [1.82, 2.24) is 5.32 Å². The minimum atomic E-state index is -0.900. The summed E-state index contributed by atoms with van der Waals surface area (Å²) < 4.78 is 0. The van der Waals surface area contributed by atoms with E-state index in [1.165, 1.54) is 0 Å². The van der Waals surface area contributed by atoms with Crippen LogP contribution < -0.4 is 5.32 Å². The molecule has 110 valence electrons. The molecule has 20 heavy (non-hydrogen) atoms. The lowest BCUT2D eigenvalue weighted by atomic mass is 10.0. The number of carbonyl (C=O) groups is 2. The highest BCUT2D eigenvalue weighted by Gasteiger charge is 2.15. The fourth-order valence-corrected chi connectivity index (χ4v) is 2.16. The lowest BCUT2D eigenvalue weighted by Gasteiger charge is -2.16. The van der Waals surface area contributed by atoms with Crippen molar-refractivity contribution in [2.45, 2.75) is 32.7 Å². The molecule has 0 saturated heterocycles. The summed E-state index contributed by atoms with van der Waals surface area (Å²) in [6.45, 7) is 3.57. The van der Waals surface area contributed by atoms with Crippen molar-refractivity contribution in [3.05, 3.63) is 33.8 Å². The van der Waals surface area contributed by atoms with Gasteiger partial charge < -0.3 is 10.4 Å². The van der Waals surface area contributed by atoms with Crippen LogP contribution in [-0.2, 0) is 9.59 Å². The fourth-order valence-electron chi connectivity index (χ4n) is 1.85. The van der Waals surface area contributed by atoms with Gasteiger partial charge in [0.1, 0.15) is 0 Å². The Balaban J connectivity index is 2.56. The third kappa shape index (κ3) is 5.39. The van der Waals surface area contributed by atoms with E-state index in [1.54, 1.807) is 25.1 Å². The van der Waals surface area contributed by atoms with Crippen LogP contribution in [0.25, 0.3) is 0 Å². The second-order valence-corrected chi connectivity index (χ2v) is 5.68. The average Bonchev–Trinajstić information content (AvgIpc) is 2.30. The smallest absolute Gasteiger partial charge is 0.303 e. The van der Waals surface area contributed by atoms with E-state index in [4.69, 9.17) is 28.3 Å². The predicted molar refractivity (Wildman–Crippen MR) is 79.1 cm³/mol. The third-order valence-electron chi connectivity index (χ3n) is 2.88. The molecule has 2 atom stereocenters. The Morgan fingerprint density at radius 1 is 1.20 bits per heavy atom. The largest absolute Gasteiger partial charge is 0.481 e. The number of hydrogen-bond donors (Lipinski definition) is 2. The molecule has 2 N–H and O–H groups in total. The van der Waals surface area contributed by atoms with Gasteiger partial charge in [-0.25, -0.2) is 0 Å². The van der Waals surface area contributed by atoms with Gasteiger partial charge in [-0.05, 0) is 30.5 Å². The molecule has 0 radical (unpaired) electrons. The summed E-state index contributed by atoms with van der Waals surface area (Å²) in [7, 11) is 0. The second kappa shape index (κ2) is 7.50. The number of hydrogen-bond acceptors (Lipinski definition) is 2. The highest BCUT2D eigenvalue weighted by molar-refractivity contribution is 6.42. The lowest BCUT2D eigenvalue weighted by Crippen LogP contribution is -2.28. The number of aliphatic carboxylic acids is 1. The van der Waals surface area contributed by atoms with Crippen LogP contribution >= 0.6 is 23.2 Å². The zero-order valence-electron chi connectivity index (χ0n) is 11.3. The first-order valence-electron chi connectivity index (χ1n) is 6.25. The van der Waals surface area contributed by atoms with Crippen molar-refractivity contribution >= 4 is 35.1 Å². The molecule has 0 fully saturated rings. The molecule has 0 bridgehead atoms. The number of benzene rings is 1. The van der Waals surface area contributed by atoms with Crippen molar-refractivity contribution in [2.75, 3.05) is 0 Å². The van der Waals surface area contributed by atoms with E-state index >= 15 is 0 Å². The van der Waals surface area contributed by atoms with Crippen LogP contribution in [0.1, 0.15) is 38.3 Å². The van der Waals surface area contributed by atoms with E-state index in [-0.39, 0.29) is 30.7 Å². The molecule has 0 aliphatic heterocycles. The summed E-state index contributed by atoms with van der Waals surface area (Å²) in [5, 5.41) is 12.4. The van der Waals surface area contributed by atoms with Crippen molar-refractivity contribution in [3.8, 4) is 0 Å². The topological polar surface area (TPSA) is 66.4 Å². The Morgan fingerprint density at radius 2 is 1.85 bits per heavy atom. The van der Waals surface area contributed by atoms with Crippen LogP contribution in [-0.4, -0.2) is 17.0 Å². The normalized spacial score (nSPS) is 13.6. The standard InChI is InChI=1S/C14H17Cl2NO3/c1-8(6-14(19)20)5-13(18)17-9(2)10-3-4-11(15)12(16)7-10/h3-4,7-9H,5-6H2,1-2H3,(H,17,18)(H,19,20). The molecule has 0 saturated carbocycles. The molecule has 1 amide bonds. The van der Waals surface area contributed by atoms with Crippen molar-refractivity contribution in [3.63, 3.8) is 0 Å². The molecule has 1 aromatic carbocycles. The van der Waals surface area contributed by atoms with E-state index in [9.17, 15) is 9.59 Å². The summed E-state index contributed by atoms with van der Waals surface area (Å²) in [6.07, 6.45) is 0.159. The molecule has 6 heteroatoms. The Bertz CT molecular complexity index is 505. The van der Waals surface area contributed by atoms with E-state index in [0.717, 1.165) is 5.56 Å². The number of nitrogens with one attached hydrogen (secondary N) is 1. The highest BCUT2D eigenvalue weighted by Crippen LogP contribution is 2.25. The first kappa shape index (κ1) is 16.8. The Morgan fingerprint density at radius 3 is 2.40 bits per heavy atom. The van der Waals surface area contributed by atoms with Gasteiger partial charge in [0, 0.05) is 12.8 Å². The summed E-state index contributed by atoms with van der Waals surface area (Å²) in [4.78, 5) is 22.4. The Labute approximate surface area is 128 Å². The van der Waals surface area contributed by atoms with Gasteiger partial charge in [-0.15, -0.1) is 0 Å². The van der Waals surface area contributed by atoms with E-state index in [2.05, 4.69) is 5.32 Å². The van der Waals surface area contributed by atoms with Gasteiger partial charge in [0.05, 0.1) is 16.1 Å². The SMILES string of the molecule is CC(CC(=O)O)CC(=O)NC(C)c1ccc(Cl)c(Cl)c1. The predicted octanol–water partition coefficient (Wildman–Crippen LogP) is 3.67. The molecule has 0 aromatic heterocycles. The van der Waals surface area contributed by atoms with Gasteiger partial charge in [-0.2, -0.15) is 0 Å². The summed E-state index contributed by atoms with van der Waals surface area (Å²) in [6, 6.07) is 4.96.